The summed E-state index contributed by atoms with van der Waals surface area (Å²) in [6.45, 7) is 8.09. The van der Waals surface area contributed by atoms with Crippen molar-refractivity contribution in [1.29, 1.82) is 5.26 Å². The number of nitriles is 1. The lowest BCUT2D eigenvalue weighted by Gasteiger charge is -2.22. The Kier molecular flexibility index (Phi) is 4.07. The molecule has 1 unspecified atom stereocenters. The fourth-order valence-electron chi connectivity index (χ4n) is 1.88. The van der Waals surface area contributed by atoms with Gasteiger partial charge in [0.2, 0.25) is 0 Å². The third-order valence-electron chi connectivity index (χ3n) is 2.88. The van der Waals surface area contributed by atoms with Gasteiger partial charge in [0.25, 0.3) is 0 Å². The first-order valence-corrected chi connectivity index (χ1v) is 5.95. The van der Waals surface area contributed by atoms with Crippen LogP contribution >= 0.6 is 0 Å². The highest BCUT2D eigenvalue weighted by atomic mass is 16.1. The van der Waals surface area contributed by atoms with E-state index in [0.29, 0.717) is 12.0 Å². The smallest absolute Gasteiger partial charge is 0.180 e. The summed E-state index contributed by atoms with van der Waals surface area (Å²) in [5.74, 6) is -0.584. The van der Waals surface area contributed by atoms with Crippen LogP contribution in [0.15, 0.2) is 24.3 Å². The largest absolute Gasteiger partial charge is 0.293 e. The van der Waals surface area contributed by atoms with Crippen molar-refractivity contribution in [2.24, 2.45) is 5.92 Å². The molecule has 0 aliphatic rings. The van der Waals surface area contributed by atoms with Gasteiger partial charge in [-0.25, -0.2) is 0 Å². The maximum atomic E-state index is 12.3. The number of nitrogens with zero attached hydrogens (tertiary/aromatic N) is 1. The number of hydrogen-bond donors (Lipinski definition) is 0. The summed E-state index contributed by atoms with van der Waals surface area (Å²) < 4.78 is 0. The predicted molar refractivity (Wildman–Crippen MR) is 68.9 cm³/mol. The summed E-state index contributed by atoms with van der Waals surface area (Å²) in [4.78, 5) is 12.3. The number of ketones is 1. The molecule has 90 valence electrons. The summed E-state index contributed by atoms with van der Waals surface area (Å²) in [5.41, 5.74) is 1.62. The Morgan fingerprint density at radius 3 is 2.41 bits per heavy atom. The third-order valence-corrected chi connectivity index (χ3v) is 2.88. The molecule has 0 saturated heterocycles. The second-order valence-corrected chi connectivity index (χ2v) is 5.25. The molecule has 0 aliphatic heterocycles. The van der Waals surface area contributed by atoms with E-state index >= 15 is 0 Å². The first kappa shape index (κ1) is 13.4. The van der Waals surface area contributed by atoms with Crippen molar-refractivity contribution >= 4 is 5.78 Å². The number of rotatable bonds is 3. The minimum absolute atomic E-state index is 0.0551. The number of carbonyl (C=O) groups excluding carboxylic acids is 1. The van der Waals surface area contributed by atoms with Crippen LogP contribution in [0.25, 0.3) is 0 Å². The van der Waals surface area contributed by atoms with E-state index in [1.165, 1.54) is 0 Å². The molecule has 1 aromatic rings. The van der Waals surface area contributed by atoms with Gasteiger partial charge in [0, 0.05) is 5.56 Å². The molecule has 0 N–H and O–H groups in total. The average molecular weight is 229 g/mol. The summed E-state index contributed by atoms with van der Waals surface area (Å²) in [7, 11) is 0. The Balaban J connectivity index is 3.24. The second kappa shape index (κ2) is 5.14. The molecule has 17 heavy (non-hydrogen) atoms. The van der Waals surface area contributed by atoms with Crippen molar-refractivity contribution in [3.05, 3.63) is 35.4 Å². The fraction of sp³-hybridized carbons (Fsp3) is 0.467. The minimum atomic E-state index is -0.529. The van der Waals surface area contributed by atoms with Gasteiger partial charge >= 0.3 is 0 Å². The van der Waals surface area contributed by atoms with Crippen molar-refractivity contribution in [2.45, 2.75) is 39.5 Å². The molecule has 2 heteroatoms. The molecular weight excluding hydrogens is 210 g/mol. The minimum Gasteiger partial charge on any atom is -0.293 e. The van der Waals surface area contributed by atoms with E-state index in [-0.39, 0.29) is 11.2 Å². The molecule has 0 aliphatic carbocycles. The fourth-order valence-corrected chi connectivity index (χ4v) is 1.88. The Morgan fingerprint density at radius 2 is 1.94 bits per heavy atom. The average Bonchev–Trinajstić information content (AvgIpc) is 2.29. The van der Waals surface area contributed by atoms with E-state index in [1.807, 2.05) is 31.2 Å². The van der Waals surface area contributed by atoms with Gasteiger partial charge < -0.3 is 0 Å². The van der Waals surface area contributed by atoms with Crippen LogP contribution < -0.4 is 0 Å². The molecular formula is C15H19NO. The Hall–Kier alpha value is -1.62. The second-order valence-electron chi connectivity index (χ2n) is 5.25. The lowest BCUT2D eigenvalue weighted by atomic mass is 9.81. The Labute approximate surface area is 103 Å². The van der Waals surface area contributed by atoms with Crippen molar-refractivity contribution in [1.82, 2.24) is 0 Å². The molecule has 0 aromatic heterocycles. The van der Waals surface area contributed by atoms with Gasteiger partial charge in [-0.1, -0.05) is 52.0 Å². The van der Waals surface area contributed by atoms with Crippen LogP contribution in [0, 0.1) is 17.2 Å². The van der Waals surface area contributed by atoms with Crippen molar-refractivity contribution < 1.29 is 4.79 Å². The zero-order chi connectivity index (χ0) is 13.1. The molecule has 0 radical (unpaired) electrons. The van der Waals surface area contributed by atoms with Crippen molar-refractivity contribution in [2.75, 3.05) is 0 Å². The lowest BCUT2D eigenvalue weighted by Crippen LogP contribution is -2.20. The summed E-state index contributed by atoms with van der Waals surface area (Å²) in [6, 6.07) is 9.66. The van der Waals surface area contributed by atoms with Gasteiger partial charge in [0.05, 0.1) is 6.07 Å². The highest BCUT2D eigenvalue weighted by Gasteiger charge is 2.25. The molecule has 0 heterocycles. The van der Waals surface area contributed by atoms with Crippen LogP contribution in [0.3, 0.4) is 0 Å². The van der Waals surface area contributed by atoms with E-state index in [0.717, 1.165) is 5.56 Å². The van der Waals surface area contributed by atoms with Gasteiger partial charge in [-0.15, -0.1) is 0 Å². The SMILES string of the molecule is CCC(C#N)C(=O)c1ccccc1C(C)(C)C. The van der Waals surface area contributed by atoms with E-state index in [4.69, 9.17) is 5.26 Å². The Bertz CT molecular complexity index is 449. The van der Waals surface area contributed by atoms with Gasteiger partial charge in [-0.2, -0.15) is 5.26 Å². The maximum absolute atomic E-state index is 12.3. The number of benzene rings is 1. The molecule has 1 atom stereocenters. The summed E-state index contributed by atoms with van der Waals surface area (Å²) in [6.07, 6.45) is 0.563. The topological polar surface area (TPSA) is 40.9 Å². The van der Waals surface area contributed by atoms with Crippen LogP contribution in [0.2, 0.25) is 0 Å². The zero-order valence-corrected chi connectivity index (χ0v) is 10.9. The van der Waals surface area contributed by atoms with Gasteiger partial charge in [0.1, 0.15) is 5.92 Å². The van der Waals surface area contributed by atoms with Crippen LogP contribution in [-0.2, 0) is 5.41 Å². The summed E-state index contributed by atoms with van der Waals surface area (Å²) >= 11 is 0. The molecule has 1 aromatic carbocycles. The van der Waals surface area contributed by atoms with Crippen LogP contribution in [0.1, 0.15) is 50.0 Å². The maximum Gasteiger partial charge on any atom is 0.180 e. The molecule has 0 saturated carbocycles. The molecule has 0 spiro atoms. The zero-order valence-electron chi connectivity index (χ0n) is 10.9. The number of carbonyl (C=O) groups is 1. The lowest BCUT2D eigenvalue weighted by molar-refractivity contribution is 0.0944. The van der Waals surface area contributed by atoms with E-state index in [2.05, 4.69) is 26.8 Å². The standard InChI is InChI=1S/C15H19NO/c1-5-11(10-16)14(17)12-8-6-7-9-13(12)15(2,3)4/h6-9,11H,5H2,1-4H3. The first-order valence-electron chi connectivity index (χ1n) is 5.95. The number of hydrogen-bond acceptors (Lipinski definition) is 2. The quantitative estimate of drug-likeness (QED) is 0.741. The van der Waals surface area contributed by atoms with Gasteiger partial charge in [0.15, 0.2) is 5.78 Å². The van der Waals surface area contributed by atoms with E-state index < -0.39 is 5.92 Å². The third kappa shape index (κ3) is 2.94. The van der Waals surface area contributed by atoms with Gasteiger partial charge in [-0.3, -0.25) is 4.79 Å². The van der Waals surface area contributed by atoms with Crippen LogP contribution in [0.4, 0.5) is 0 Å². The number of Topliss-reactive ketones (excluding diaryl/α,β-unsaturated/α-hetero) is 1. The Morgan fingerprint density at radius 1 is 1.35 bits per heavy atom. The van der Waals surface area contributed by atoms with Crippen molar-refractivity contribution in [3.63, 3.8) is 0 Å². The highest BCUT2D eigenvalue weighted by molar-refractivity contribution is 6.00. The predicted octanol–water partition coefficient (Wildman–Crippen LogP) is 3.72. The van der Waals surface area contributed by atoms with Crippen LogP contribution in [0.5, 0.6) is 0 Å². The molecule has 2 nitrogen and oxygen atoms in total. The summed E-state index contributed by atoms with van der Waals surface area (Å²) in [5, 5.41) is 8.98. The monoisotopic (exact) mass is 229 g/mol. The molecule has 1 rings (SSSR count). The molecule has 0 amide bonds. The highest BCUT2D eigenvalue weighted by Crippen LogP contribution is 2.27. The normalized spacial score (nSPS) is 12.9. The molecule has 0 fully saturated rings. The van der Waals surface area contributed by atoms with Crippen molar-refractivity contribution in [3.8, 4) is 6.07 Å². The van der Waals surface area contributed by atoms with E-state index in [1.54, 1.807) is 0 Å². The van der Waals surface area contributed by atoms with Gasteiger partial charge in [-0.05, 0) is 17.4 Å². The molecule has 0 bridgehead atoms. The first-order chi connectivity index (χ1) is 7.91. The van der Waals surface area contributed by atoms with E-state index in [9.17, 15) is 4.79 Å². The van der Waals surface area contributed by atoms with Crippen LogP contribution in [-0.4, -0.2) is 5.78 Å².